The average Bonchev–Trinajstić information content (AvgIpc) is 3.01. The van der Waals surface area contributed by atoms with Gasteiger partial charge in [-0.3, -0.25) is 9.59 Å². The predicted octanol–water partition coefficient (Wildman–Crippen LogP) is 3.50. The highest BCUT2D eigenvalue weighted by Crippen LogP contribution is 2.38. The number of amides is 1. The Morgan fingerprint density at radius 1 is 1.32 bits per heavy atom. The van der Waals surface area contributed by atoms with E-state index in [1.165, 1.54) is 0 Å². The van der Waals surface area contributed by atoms with Crippen LogP contribution in [0.2, 0.25) is 0 Å². The molecular formula is C20H29NO4. The molecule has 138 valence electrons. The number of likely N-dealkylation sites (tertiary alicyclic amines) is 1. The number of aryl methyl sites for hydroxylation is 1. The van der Waals surface area contributed by atoms with E-state index in [4.69, 9.17) is 4.74 Å². The molecule has 0 aromatic heterocycles. The van der Waals surface area contributed by atoms with Gasteiger partial charge in [0.25, 0.3) is 0 Å². The summed E-state index contributed by atoms with van der Waals surface area (Å²) in [4.78, 5) is 25.7. The van der Waals surface area contributed by atoms with Crippen molar-refractivity contribution >= 4 is 11.9 Å². The van der Waals surface area contributed by atoms with Crippen LogP contribution in [0.1, 0.15) is 45.1 Å². The SMILES string of the molecule is Cc1cccc(OCCCCC(=O)N2CCC(C(=O)O)(C(C)C)C2)c1. The fourth-order valence-corrected chi connectivity index (χ4v) is 3.37. The smallest absolute Gasteiger partial charge is 0.311 e. The van der Waals surface area contributed by atoms with Crippen molar-refractivity contribution in [1.82, 2.24) is 4.90 Å². The van der Waals surface area contributed by atoms with Crippen LogP contribution in [0.15, 0.2) is 24.3 Å². The van der Waals surface area contributed by atoms with E-state index >= 15 is 0 Å². The molecule has 0 radical (unpaired) electrons. The van der Waals surface area contributed by atoms with Gasteiger partial charge in [-0.2, -0.15) is 0 Å². The fraction of sp³-hybridized carbons (Fsp3) is 0.600. The number of aliphatic carboxylic acids is 1. The summed E-state index contributed by atoms with van der Waals surface area (Å²) in [5.74, 6) is 0.142. The molecule has 1 amide bonds. The monoisotopic (exact) mass is 347 g/mol. The van der Waals surface area contributed by atoms with E-state index in [0.29, 0.717) is 32.5 Å². The van der Waals surface area contributed by atoms with Crippen LogP contribution in [0.4, 0.5) is 0 Å². The van der Waals surface area contributed by atoms with Gasteiger partial charge in [-0.1, -0.05) is 26.0 Å². The van der Waals surface area contributed by atoms with Gasteiger partial charge in [0, 0.05) is 19.5 Å². The highest BCUT2D eigenvalue weighted by Gasteiger charge is 2.48. The second kappa shape index (κ2) is 8.37. The number of carbonyl (C=O) groups is 2. The van der Waals surface area contributed by atoms with Gasteiger partial charge in [-0.15, -0.1) is 0 Å². The number of carboxylic acid groups (broad SMARTS) is 1. The highest BCUT2D eigenvalue weighted by atomic mass is 16.5. The molecule has 0 bridgehead atoms. The molecule has 1 N–H and O–H groups in total. The van der Waals surface area contributed by atoms with E-state index in [-0.39, 0.29) is 11.8 Å². The summed E-state index contributed by atoms with van der Waals surface area (Å²) in [7, 11) is 0. The van der Waals surface area contributed by atoms with Gasteiger partial charge in [-0.25, -0.2) is 0 Å². The van der Waals surface area contributed by atoms with Gasteiger partial charge in [-0.05, 0) is 49.8 Å². The minimum Gasteiger partial charge on any atom is -0.494 e. The van der Waals surface area contributed by atoms with Crippen LogP contribution in [0.25, 0.3) is 0 Å². The van der Waals surface area contributed by atoms with Gasteiger partial charge in [0.1, 0.15) is 5.75 Å². The maximum atomic E-state index is 12.3. The molecule has 1 fully saturated rings. The third-order valence-electron chi connectivity index (χ3n) is 5.23. The van der Waals surface area contributed by atoms with Gasteiger partial charge in [0.05, 0.1) is 12.0 Å². The van der Waals surface area contributed by atoms with Crippen LogP contribution in [-0.2, 0) is 9.59 Å². The van der Waals surface area contributed by atoms with Crippen LogP contribution in [0.3, 0.4) is 0 Å². The van der Waals surface area contributed by atoms with E-state index in [2.05, 4.69) is 0 Å². The number of nitrogens with zero attached hydrogens (tertiary/aromatic N) is 1. The maximum absolute atomic E-state index is 12.3. The third-order valence-corrected chi connectivity index (χ3v) is 5.23. The lowest BCUT2D eigenvalue weighted by atomic mass is 9.76. The molecule has 0 saturated carbocycles. The van der Waals surface area contributed by atoms with Gasteiger partial charge in [0.15, 0.2) is 0 Å². The van der Waals surface area contributed by atoms with E-state index in [9.17, 15) is 14.7 Å². The summed E-state index contributed by atoms with van der Waals surface area (Å²) >= 11 is 0. The third kappa shape index (κ3) is 4.74. The van der Waals surface area contributed by atoms with Crippen molar-refractivity contribution in [2.45, 2.75) is 46.5 Å². The van der Waals surface area contributed by atoms with Crippen LogP contribution >= 0.6 is 0 Å². The Kier molecular flexibility index (Phi) is 6.45. The summed E-state index contributed by atoms with van der Waals surface area (Å²) < 4.78 is 5.69. The average molecular weight is 347 g/mol. The van der Waals surface area contributed by atoms with Crippen LogP contribution < -0.4 is 4.74 Å². The molecule has 1 unspecified atom stereocenters. The standard InChI is InChI=1S/C20H29NO4/c1-15(2)20(19(23)24)10-11-21(14-20)18(22)9-4-5-12-25-17-8-6-7-16(3)13-17/h6-8,13,15H,4-5,9-12,14H2,1-3H3,(H,23,24). The summed E-state index contributed by atoms with van der Waals surface area (Å²) in [6.45, 7) is 7.33. The lowest BCUT2D eigenvalue weighted by Gasteiger charge is -2.28. The maximum Gasteiger partial charge on any atom is 0.311 e. The van der Waals surface area contributed by atoms with Gasteiger partial charge < -0.3 is 14.7 Å². The van der Waals surface area contributed by atoms with Crippen molar-refractivity contribution in [3.63, 3.8) is 0 Å². The number of benzene rings is 1. The molecule has 1 aliphatic rings. The van der Waals surface area contributed by atoms with Crippen molar-refractivity contribution < 1.29 is 19.4 Å². The van der Waals surface area contributed by atoms with Crippen LogP contribution in [0.5, 0.6) is 5.75 Å². The first-order valence-corrected chi connectivity index (χ1v) is 9.06. The second-order valence-corrected chi connectivity index (χ2v) is 7.30. The normalized spacial score (nSPS) is 20.1. The molecule has 0 aliphatic carbocycles. The Bertz CT molecular complexity index is 613. The molecule has 1 atom stereocenters. The van der Waals surface area contributed by atoms with E-state index in [1.54, 1.807) is 4.90 Å². The number of ether oxygens (including phenoxy) is 1. The molecule has 25 heavy (non-hydrogen) atoms. The first-order chi connectivity index (χ1) is 11.8. The second-order valence-electron chi connectivity index (χ2n) is 7.30. The Hall–Kier alpha value is -2.04. The highest BCUT2D eigenvalue weighted by molar-refractivity contribution is 5.80. The lowest BCUT2D eigenvalue weighted by molar-refractivity contribution is -0.151. The molecule has 0 spiro atoms. The number of hydrogen-bond acceptors (Lipinski definition) is 3. The number of carboxylic acids is 1. The molecule has 1 saturated heterocycles. The fourth-order valence-electron chi connectivity index (χ4n) is 3.37. The topological polar surface area (TPSA) is 66.8 Å². The summed E-state index contributed by atoms with van der Waals surface area (Å²) in [6, 6.07) is 7.91. The summed E-state index contributed by atoms with van der Waals surface area (Å²) in [5.41, 5.74) is 0.373. The Morgan fingerprint density at radius 3 is 2.68 bits per heavy atom. The summed E-state index contributed by atoms with van der Waals surface area (Å²) in [5, 5.41) is 9.55. The van der Waals surface area contributed by atoms with E-state index in [1.807, 2.05) is 45.0 Å². The molecule has 1 aromatic carbocycles. The van der Waals surface area contributed by atoms with Crippen molar-refractivity contribution in [3.8, 4) is 5.75 Å². The zero-order valence-electron chi connectivity index (χ0n) is 15.5. The Morgan fingerprint density at radius 2 is 2.08 bits per heavy atom. The Labute approximate surface area is 150 Å². The van der Waals surface area contributed by atoms with Gasteiger partial charge >= 0.3 is 5.97 Å². The lowest BCUT2D eigenvalue weighted by Crippen LogP contribution is -2.40. The van der Waals surface area contributed by atoms with Crippen LogP contribution in [-0.4, -0.2) is 41.6 Å². The zero-order chi connectivity index (χ0) is 18.4. The van der Waals surface area contributed by atoms with Crippen LogP contribution in [0, 0.1) is 18.3 Å². The predicted molar refractivity (Wildman–Crippen MR) is 96.6 cm³/mol. The van der Waals surface area contributed by atoms with Crippen molar-refractivity contribution in [3.05, 3.63) is 29.8 Å². The Balaban J connectivity index is 1.71. The minimum absolute atomic E-state index is 0.0190. The quantitative estimate of drug-likeness (QED) is 0.731. The van der Waals surface area contributed by atoms with Crippen molar-refractivity contribution in [2.24, 2.45) is 11.3 Å². The molecule has 5 nitrogen and oxygen atoms in total. The molecule has 1 aromatic rings. The number of unbranched alkanes of at least 4 members (excludes halogenated alkanes) is 1. The largest absolute Gasteiger partial charge is 0.494 e. The minimum atomic E-state index is -0.788. The number of rotatable bonds is 8. The summed E-state index contributed by atoms with van der Waals surface area (Å²) in [6.07, 6.45) is 2.55. The first kappa shape index (κ1) is 19.3. The van der Waals surface area contributed by atoms with Crippen molar-refractivity contribution in [1.29, 1.82) is 0 Å². The molecule has 1 aliphatic heterocycles. The van der Waals surface area contributed by atoms with Gasteiger partial charge in [0.2, 0.25) is 5.91 Å². The molecule has 2 rings (SSSR count). The zero-order valence-corrected chi connectivity index (χ0v) is 15.5. The van der Waals surface area contributed by atoms with Crippen molar-refractivity contribution in [2.75, 3.05) is 19.7 Å². The molecular weight excluding hydrogens is 318 g/mol. The number of hydrogen-bond donors (Lipinski definition) is 1. The molecule has 5 heteroatoms. The van der Waals surface area contributed by atoms with E-state index < -0.39 is 11.4 Å². The molecule has 1 heterocycles. The number of carbonyl (C=O) groups excluding carboxylic acids is 1. The van der Waals surface area contributed by atoms with E-state index in [0.717, 1.165) is 24.2 Å². The first-order valence-electron chi connectivity index (χ1n) is 9.06.